The first-order valence-electron chi connectivity index (χ1n) is 6.96. The molecule has 0 fully saturated rings. The van der Waals surface area contributed by atoms with E-state index >= 15 is 0 Å². The molecule has 0 aromatic rings. The molecule has 0 bridgehead atoms. The number of hydrogen-bond donors (Lipinski definition) is 0. The van der Waals surface area contributed by atoms with Crippen molar-refractivity contribution in [3.63, 3.8) is 0 Å². The number of allylic oxidation sites excluding steroid dienone is 6. The molecule has 0 nitrogen and oxygen atoms in total. The maximum absolute atomic E-state index is 3.48. The van der Waals surface area contributed by atoms with Crippen LogP contribution in [0.1, 0.15) is 61.3 Å². The quantitative estimate of drug-likeness (QED) is 0.440. The van der Waals surface area contributed by atoms with Crippen LogP contribution in [0.15, 0.2) is 46.1 Å². The second kappa shape index (κ2) is 10.4. The van der Waals surface area contributed by atoms with E-state index in [0.29, 0.717) is 5.41 Å². The van der Waals surface area contributed by atoms with Crippen LogP contribution in [0.5, 0.6) is 0 Å². The maximum atomic E-state index is 3.48. The summed E-state index contributed by atoms with van der Waals surface area (Å²) >= 11 is 2.25. The third-order valence-corrected chi connectivity index (χ3v) is 5.87. The van der Waals surface area contributed by atoms with Gasteiger partial charge in [0.25, 0.3) is 0 Å². The fraction of sp³-hybridized carbons (Fsp3) is 0.556. The zero-order valence-corrected chi connectivity index (χ0v) is 16.2. The van der Waals surface area contributed by atoms with Gasteiger partial charge in [0.05, 0.1) is 0 Å². The van der Waals surface area contributed by atoms with Crippen LogP contribution in [0.2, 0.25) is 0 Å². The summed E-state index contributed by atoms with van der Waals surface area (Å²) in [6.45, 7) is 22.4. The fourth-order valence-electron chi connectivity index (χ4n) is 1.53. The molecule has 0 saturated carbocycles. The molecule has 1 aliphatic carbocycles. The Balaban J connectivity index is 0. The van der Waals surface area contributed by atoms with Gasteiger partial charge in [-0.2, -0.15) is 0 Å². The van der Waals surface area contributed by atoms with Crippen molar-refractivity contribution >= 4 is 0 Å². The van der Waals surface area contributed by atoms with Crippen molar-refractivity contribution in [2.45, 2.75) is 61.3 Å². The molecule has 112 valence electrons. The van der Waals surface area contributed by atoms with Gasteiger partial charge in [-0.25, -0.2) is 0 Å². The second-order valence-electron chi connectivity index (χ2n) is 5.19. The molecule has 0 atom stereocenters. The van der Waals surface area contributed by atoms with Gasteiger partial charge in [-0.15, -0.1) is 13.2 Å². The molecule has 0 N–H and O–H groups in total. The molecule has 0 aromatic carbocycles. The van der Waals surface area contributed by atoms with Crippen molar-refractivity contribution in [3.05, 3.63) is 46.1 Å². The van der Waals surface area contributed by atoms with Crippen molar-refractivity contribution in [2.24, 2.45) is 5.41 Å². The molecule has 0 aliphatic heterocycles. The molecule has 0 unspecified atom stereocenters. The Morgan fingerprint density at radius 3 is 1.32 bits per heavy atom. The van der Waals surface area contributed by atoms with Gasteiger partial charge in [0.15, 0.2) is 0 Å². The summed E-state index contributed by atoms with van der Waals surface area (Å²) in [6.07, 6.45) is 5.92. The first-order chi connectivity index (χ1) is 8.72. The van der Waals surface area contributed by atoms with Crippen molar-refractivity contribution in [3.8, 4) is 0 Å². The van der Waals surface area contributed by atoms with E-state index in [1.165, 1.54) is 20.8 Å². The molecule has 19 heavy (non-hydrogen) atoms. The fourth-order valence-corrected chi connectivity index (χ4v) is 2.43. The van der Waals surface area contributed by atoms with E-state index in [4.69, 9.17) is 0 Å². The Bertz CT molecular complexity index is 320. The Labute approximate surface area is 131 Å². The Morgan fingerprint density at radius 2 is 1.26 bits per heavy atom. The first-order valence-corrected chi connectivity index (χ1v) is 8.16. The van der Waals surface area contributed by atoms with Gasteiger partial charge in [-0.05, 0) is 12.8 Å². The zero-order chi connectivity index (χ0) is 15.6. The van der Waals surface area contributed by atoms with Crippen LogP contribution < -0.4 is 0 Å². The second-order valence-corrected chi connectivity index (χ2v) is 6.38. The summed E-state index contributed by atoms with van der Waals surface area (Å²) in [5, 5.41) is 0. The standard InChI is InChI=1S/C10H15.2C4H8.Ir/c1-7-6-10(4,5)9(3)8(7)2;2*1-3-4-2;/h1-5H3;2*3H,1,4H2,2H3;. The van der Waals surface area contributed by atoms with E-state index in [9.17, 15) is 0 Å². The first kappa shape index (κ1) is 20.9. The van der Waals surface area contributed by atoms with Gasteiger partial charge in [0.2, 0.25) is 0 Å². The number of rotatable bonds is 2. The van der Waals surface area contributed by atoms with E-state index in [2.05, 4.69) is 80.5 Å². The van der Waals surface area contributed by atoms with Gasteiger partial charge < -0.3 is 0 Å². The van der Waals surface area contributed by atoms with Crippen LogP contribution in [0.25, 0.3) is 0 Å². The van der Waals surface area contributed by atoms with Gasteiger partial charge >= 0.3 is 79.7 Å². The van der Waals surface area contributed by atoms with Crippen LogP contribution >= 0.6 is 0 Å². The van der Waals surface area contributed by atoms with Crippen molar-refractivity contribution in [1.29, 1.82) is 0 Å². The van der Waals surface area contributed by atoms with Crippen LogP contribution in [-0.4, -0.2) is 0 Å². The van der Waals surface area contributed by atoms with Gasteiger partial charge in [-0.3, -0.25) is 0 Å². The molecule has 0 saturated heterocycles. The molecule has 0 spiro atoms. The molecule has 0 aromatic heterocycles. The summed E-state index contributed by atoms with van der Waals surface area (Å²) < 4.78 is 1.53. The van der Waals surface area contributed by atoms with Gasteiger partial charge in [-0.1, -0.05) is 26.0 Å². The normalized spacial score (nSPS) is 16.3. The van der Waals surface area contributed by atoms with Gasteiger partial charge in [0.1, 0.15) is 0 Å². The van der Waals surface area contributed by atoms with Gasteiger partial charge in [0, 0.05) is 0 Å². The Morgan fingerprint density at radius 1 is 0.947 bits per heavy atom. The Kier molecular flexibility index (Phi) is 11.5. The number of hydrogen-bond acceptors (Lipinski definition) is 0. The van der Waals surface area contributed by atoms with E-state index in [1.54, 1.807) is 0 Å². The van der Waals surface area contributed by atoms with E-state index in [1.807, 2.05) is 12.2 Å². The van der Waals surface area contributed by atoms with Crippen LogP contribution in [0.4, 0.5) is 0 Å². The SMILES string of the molecule is C=CCC.C=CCC.CC1=C(C)C(C)(C)[C]([Ir])=C1C. The van der Waals surface area contributed by atoms with Crippen LogP contribution in [0, 0.1) is 5.41 Å². The van der Waals surface area contributed by atoms with Crippen LogP contribution in [0.3, 0.4) is 0 Å². The average molecular weight is 440 g/mol. The van der Waals surface area contributed by atoms with E-state index < -0.39 is 0 Å². The molecule has 1 aliphatic rings. The van der Waals surface area contributed by atoms with E-state index in [-0.39, 0.29) is 0 Å². The molecular weight excluding hydrogens is 408 g/mol. The van der Waals surface area contributed by atoms with Crippen molar-refractivity contribution in [2.75, 3.05) is 0 Å². The summed E-state index contributed by atoms with van der Waals surface area (Å²) in [7, 11) is 0. The summed E-state index contributed by atoms with van der Waals surface area (Å²) in [6, 6.07) is 0. The van der Waals surface area contributed by atoms with E-state index in [0.717, 1.165) is 12.8 Å². The molecule has 1 heteroatoms. The minimum atomic E-state index is 0.314. The van der Waals surface area contributed by atoms with Crippen molar-refractivity contribution in [1.82, 2.24) is 0 Å². The summed E-state index contributed by atoms with van der Waals surface area (Å²) in [5.41, 5.74) is 4.83. The van der Waals surface area contributed by atoms with Crippen molar-refractivity contribution < 1.29 is 18.9 Å². The molecule has 0 radical (unpaired) electrons. The Hall–Kier alpha value is -0.391. The topological polar surface area (TPSA) is 0 Å². The monoisotopic (exact) mass is 440 g/mol. The third kappa shape index (κ3) is 6.54. The molecular formula is C18H31Ir. The van der Waals surface area contributed by atoms with Crippen LogP contribution in [-0.2, 0) is 18.9 Å². The predicted octanol–water partition coefficient (Wildman–Crippen LogP) is 6.35. The zero-order valence-electron chi connectivity index (χ0n) is 13.8. The molecule has 0 amide bonds. The summed E-state index contributed by atoms with van der Waals surface area (Å²) in [4.78, 5) is 0. The predicted molar refractivity (Wildman–Crippen MR) is 85.8 cm³/mol. The summed E-state index contributed by atoms with van der Waals surface area (Å²) in [5.74, 6) is 0. The third-order valence-electron chi connectivity index (χ3n) is 3.47. The molecule has 0 heterocycles. The minimum absolute atomic E-state index is 0.314. The molecule has 1 rings (SSSR count). The average Bonchev–Trinajstić information content (AvgIpc) is 2.55.